The molecular weight excluding hydrogens is 271 g/mol. The van der Waals surface area contributed by atoms with Gasteiger partial charge in [0.15, 0.2) is 0 Å². The highest BCUT2D eigenvalue weighted by Crippen LogP contribution is 2.23. The Morgan fingerprint density at radius 2 is 2.00 bits per heavy atom. The van der Waals surface area contributed by atoms with Crippen molar-refractivity contribution in [2.24, 2.45) is 5.73 Å². The first-order valence-corrected chi connectivity index (χ1v) is 6.16. The second-order valence-corrected chi connectivity index (χ2v) is 4.60. The van der Waals surface area contributed by atoms with Crippen molar-refractivity contribution < 1.29 is 4.74 Å². The van der Waals surface area contributed by atoms with Crippen LogP contribution in [-0.2, 0) is 13.2 Å². The first-order chi connectivity index (χ1) is 8.69. The molecule has 0 atom stereocenters. The van der Waals surface area contributed by atoms with Crippen molar-refractivity contribution in [3.05, 3.63) is 57.7 Å². The molecule has 94 valence electrons. The van der Waals surface area contributed by atoms with E-state index in [-0.39, 0.29) is 0 Å². The van der Waals surface area contributed by atoms with E-state index in [2.05, 4.69) is 4.98 Å². The van der Waals surface area contributed by atoms with E-state index in [1.807, 2.05) is 24.3 Å². The van der Waals surface area contributed by atoms with E-state index in [0.29, 0.717) is 29.1 Å². The highest BCUT2D eigenvalue weighted by Gasteiger charge is 2.05. The van der Waals surface area contributed by atoms with E-state index in [1.54, 1.807) is 12.3 Å². The summed E-state index contributed by atoms with van der Waals surface area (Å²) >= 11 is 11.9. The third-order valence-electron chi connectivity index (χ3n) is 2.36. The van der Waals surface area contributed by atoms with Crippen molar-refractivity contribution in [1.82, 2.24) is 4.98 Å². The molecule has 0 spiro atoms. The molecular formula is C13H12Cl2N2O. The van der Waals surface area contributed by atoms with Crippen molar-refractivity contribution >= 4 is 23.2 Å². The lowest BCUT2D eigenvalue weighted by molar-refractivity contribution is 0.294. The molecule has 1 heterocycles. The first-order valence-electron chi connectivity index (χ1n) is 5.41. The molecule has 2 aromatic rings. The SMILES string of the molecule is NCc1cnc(OCc2cccc(Cl)c2)c(Cl)c1. The number of nitrogens with two attached hydrogens (primary N) is 1. The number of rotatable bonds is 4. The van der Waals surface area contributed by atoms with Crippen LogP contribution in [0.25, 0.3) is 0 Å². The van der Waals surface area contributed by atoms with Crippen LogP contribution in [0.3, 0.4) is 0 Å². The molecule has 3 nitrogen and oxygen atoms in total. The van der Waals surface area contributed by atoms with Gasteiger partial charge in [-0.05, 0) is 29.3 Å². The Bertz CT molecular complexity index is 546. The maximum atomic E-state index is 6.04. The molecule has 0 unspecified atom stereocenters. The van der Waals surface area contributed by atoms with Crippen LogP contribution in [0.5, 0.6) is 5.88 Å². The summed E-state index contributed by atoms with van der Waals surface area (Å²) < 4.78 is 5.53. The van der Waals surface area contributed by atoms with E-state index in [9.17, 15) is 0 Å². The normalized spacial score (nSPS) is 10.4. The molecule has 1 aromatic carbocycles. The van der Waals surface area contributed by atoms with Gasteiger partial charge in [0.25, 0.3) is 0 Å². The van der Waals surface area contributed by atoms with Crippen LogP contribution in [-0.4, -0.2) is 4.98 Å². The molecule has 0 fully saturated rings. The van der Waals surface area contributed by atoms with Crippen LogP contribution < -0.4 is 10.5 Å². The van der Waals surface area contributed by atoms with Gasteiger partial charge < -0.3 is 10.5 Å². The minimum Gasteiger partial charge on any atom is -0.472 e. The molecule has 0 aliphatic carbocycles. The summed E-state index contributed by atoms with van der Waals surface area (Å²) in [6.07, 6.45) is 1.65. The van der Waals surface area contributed by atoms with Gasteiger partial charge in [0.1, 0.15) is 11.6 Å². The van der Waals surface area contributed by atoms with E-state index >= 15 is 0 Å². The van der Waals surface area contributed by atoms with Crippen LogP contribution in [0.15, 0.2) is 36.5 Å². The number of hydrogen-bond acceptors (Lipinski definition) is 3. The van der Waals surface area contributed by atoms with E-state index in [0.717, 1.165) is 11.1 Å². The van der Waals surface area contributed by atoms with Crippen LogP contribution in [0.4, 0.5) is 0 Å². The molecule has 0 aliphatic rings. The molecule has 0 bridgehead atoms. The Morgan fingerprint density at radius 3 is 2.67 bits per heavy atom. The van der Waals surface area contributed by atoms with Crippen molar-refractivity contribution in [2.45, 2.75) is 13.2 Å². The third-order valence-corrected chi connectivity index (χ3v) is 2.87. The van der Waals surface area contributed by atoms with Crippen LogP contribution in [0.1, 0.15) is 11.1 Å². The van der Waals surface area contributed by atoms with Gasteiger partial charge in [-0.2, -0.15) is 0 Å². The van der Waals surface area contributed by atoms with Gasteiger partial charge in [0, 0.05) is 17.8 Å². The van der Waals surface area contributed by atoms with Crippen molar-refractivity contribution in [1.29, 1.82) is 0 Å². The molecule has 0 saturated carbocycles. The highest BCUT2D eigenvalue weighted by atomic mass is 35.5. The maximum absolute atomic E-state index is 6.04. The van der Waals surface area contributed by atoms with E-state index in [4.69, 9.17) is 33.7 Å². The second kappa shape index (κ2) is 6.05. The third kappa shape index (κ3) is 3.35. The molecule has 2 N–H and O–H groups in total. The first kappa shape index (κ1) is 13.1. The second-order valence-electron chi connectivity index (χ2n) is 3.75. The summed E-state index contributed by atoms with van der Waals surface area (Å²) in [4.78, 5) is 4.12. The summed E-state index contributed by atoms with van der Waals surface area (Å²) in [6, 6.07) is 9.19. The van der Waals surface area contributed by atoms with E-state index in [1.165, 1.54) is 0 Å². The summed E-state index contributed by atoms with van der Waals surface area (Å²) in [5.41, 5.74) is 7.33. The fourth-order valence-corrected chi connectivity index (χ4v) is 1.92. The predicted octanol–water partition coefficient (Wildman–Crippen LogP) is 3.43. The smallest absolute Gasteiger partial charge is 0.232 e. The standard InChI is InChI=1S/C13H12Cl2N2O/c14-11-3-1-2-9(4-11)8-18-13-12(15)5-10(6-16)7-17-13/h1-5,7H,6,8,16H2. The Morgan fingerprint density at radius 1 is 1.17 bits per heavy atom. The van der Waals surface area contributed by atoms with Crippen LogP contribution in [0.2, 0.25) is 10.0 Å². The molecule has 1 aromatic heterocycles. The monoisotopic (exact) mass is 282 g/mol. The van der Waals surface area contributed by atoms with Crippen molar-refractivity contribution in [3.8, 4) is 5.88 Å². The Hall–Kier alpha value is -1.29. The van der Waals surface area contributed by atoms with Gasteiger partial charge in [0.05, 0.1) is 0 Å². The summed E-state index contributed by atoms with van der Waals surface area (Å²) in [5, 5.41) is 1.13. The van der Waals surface area contributed by atoms with E-state index < -0.39 is 0 Å². The Kier molecular flexibility index (Phi) is 4.42. The number of nitrogens with zero attached hydrogens (tertiary/aromatic N) is 1. The number of halogens is 2. The van der Waals surface area contributed by atoms with Crippen LogP contribution in [0, 0.1) is 0 Å². The number of aromatic nitrogens is 1. The molecule has 2 rings (SSSR count). The minimum absolute atomic E-state index is 0.370. The fraction of sp³-hybridized carbons (Fsp3) is 0.154. The Balaban J connectivity index is 2.06. The zero-order valence-corrected chi connectivity index (χ0v) is 11.1. The van der Waals surface area contributed by atoms with Gasteiger partial charge in [0.2, 0.25) is 5.88 Å². The van der Waals surface area contributed by atoms with Gasteiger partial charge in [-0.25, -0.2) is 4.98 Å². The topological polar surface area (TPSA) is 48.1 Å². The van der Waals surface area contributed by atoms with Gasteiger partial charge >= 0.3 is 0 Å². The van der Waals surface area contributed by atoms with Gasteiger partial charge in [-0.3, -0.25) is 0 Å². The average molecular weight is 283 g/mol. The number of benzene rings is 1. The lowest BCUT2D eigenvalue weighted by Gasteiger charge is -2.08. The summed E-state index contributed by atoms with van der Waals surface area (Å²) in [5.74, 6) is 0.397. The lowest BCUT2D eigenvalue weighted by Crippen LogP contribution is -2.01. The molecule has 0 amide bonds. The molecule has 18 heavy (non-hydrogen) atoms. The lowest BCUT2D eigenvalue weighted by atomic mass is 10.2. The fourth-order valence-electron chi connectivity index (χ4n) is 1.46. The minimum atomic E-state index is 0.370. The van der Waals surface area contributed by atoms with Crippen molar-refractivity contribution in [2.75, 3.05) is 0 Å². The van der Waals surface area contributed by atoms with Crippen LogP contribution >= 0.6 is 23.2 Å². The zero-order valence-electron chi connectivity index (χ0n) is 9.57. The van der Waals surface area contributed by atoms with Crippen molar-refractivity contribution in [3.63, 3.8) is 0 Å². The molecule has 0 saturated heterocycles. The maximum Gasteiger partial charge on any atom is 0.232 e. The number of pyridine rings is 1. The molecule has 0 radical (unpaired) electrons. The Labute approximate surface area is 115 Å². The average Bonchev–Trinajstić information content (AvgIpc) is 2.37. The molecule has 5 heteroatoms. The van der Waals surface area contributed by atoms with Gasteiger partial charge in [-0.15, -0.1) is 0 Å². The summed E-state index contributed by atoms with van der Waals surface area (Å²) in [6.45, 7) is 0.774. The van der Waals surface area contributed by atoms with Gasteiger partial charge in [-0.1, -0.05) is 35.3 Å². The summed E-state index contributed by atoms with van der Waals surface area (Å²) in [7, 11) is 0. The largest absolute Gasteiger partial charge is 0.472 e. The zero-order chi connectivity index (χ0) is 13.0. The predicted molar refractivity (Wildman–Crippen MR) is 72.9 cm³/mol. The highest BCUT2D eigenvalue weighted by molar-refractivity contribution is 6.31. The number of hydrogen-bond donors (Lipinski definition) is 1. The molecule has 0 aliphatic heterocycles. The quantitative estimate of drug-likeness (QED) is 0.935. The number of ether oxygens (including phenoxy) is 1.